The van der Waals surface area contributed by atoms with Gasteiger partial charge in [-0.15, -0.1) is 0 Å². The summed E-state index contributed by atoms with van der Waals surface area (Å²) in [5.41, 5.74) is 6.38. The van der Waals surface area contributed by atoms with Gasteiger partial charge in [0.25, 0.3) is 11.5 Å². The number of carboxylic acids is 2. The van der Waals surface area contributed by atoms with Crippen LogP contribution in [0.4, 0.5) is 11.6 Å². The fraction of sp³-hybridized carbons (Fsp3) is 0.419. The molecule has 50 heavy (non-hydrogen) atoms. The molecule has 6 rings (SSSR count). The maximum Gasteiger partial charge on any atom is 0.326 e. The fourth-order valence-electron chi connectivity index (χ4n) is 6.80. The average Bonchev–Trinajstić information content (AvgIpc) is 3.66. The number of carbonyl (C=O) groups excluding carboxylic acids is 4. The first-order chi connectivity index (χ1) is 23.8. The number of aromatic amines is 1. The molecule has 19 nitrogen and oxygen atoms in total. The standard InChI is InChI=1S/C31H34N10O9/c1-14-26(45)41-21(29(49)50)10-11-31(41)39-19(27(46)40(14)31)8-6-18(42)7-9-20(28(47)48)36-24(43)15-2-4-16(5-3-15)33-12-17-13-34-23-22(35-17)25(44)38-30(32)37-23/h2-5,13-14,19-21,33,39H,6-12H2,1H3,(H,36,43)(H,47,48)(H,49,50)(H3,32,34,37,38,44)/t14-,19-,20+,21-,31-/m0/s1. The Bertz CT molecular complexity index is 1970. The molecule has 1 spiro atoms. The molecule has 0 bridgehead atoms. The van der Waals surface area contributed by atoms with Gasteiger partial charge in [0.15, 0.2) is 17.0 Å². The minimum absolute atomic E-state index is 0.0345. The van der Waals surface area contributed by atoms with Crippen molar-refractivity contribution in [1.82, 2.24) is 40.4 Å². The van der Waals surface area contributed by atoms with Crippen molar-refractivity contribution >= 4 is 58.2 Å². The second kappa shape index (κ2) is 13.1. The first-order valence-corrected chi connectivity index (χ1v) is 15.9. The van der Waals surface area contributed by atoms with Gasteiger partial charge >= 0.3 is 11.9 Å². The number of Topliss-reactive ketones (excluding diaryl/α,β-unsaturated/α-hetero) is 1. The van der Waals surface area contributed by atoms with E-state index in [1.807, 2.05) is 0 Å². The zero-order valence-electron chi connectivity index (χ0n) is 26.7. The number of nitrogens with one attached hydrogen (secondary N) is 4. The number of fused-ring (bicyclic) bond motifs is 1. The number of H-pyrrole nitrogens is 1. The summed E-state index contributed by atoms with van der Waals surface area (Å²) in [6.45, 7) is 1.74. The average molecular weight is 691 g/mol. The smallest absolute Gasteiger partial charge is 0.326 e. The van der Waals surface area contributed by atoms with Crippen LogP contribution < -0.4 is 27.2 Å². The number of nitrogens with zero attached hydrogens (tertiary/aromatic N) is 5. The lowest BCUT2D eigenvalue weighted by Crippen LogP contribution is -2.58. The van der Waals surface area contributed by atoms with E-state index in [2.05, 4.69) is 35.9 Å². The second-order valence-corrected chi connectivity index (χ2v) is 12.4. The summed E-state index contributed by atoms with van der Waals surface area (Å²) in [4.78, 5) is 105. The number of nitrogen functional groups attached to an aromatic ring is 1. The van der Waals surface area contributed by atoms with E-state index in [1.165, 1.54) is 28.1 Å². The summed E-state index contributed by atoms with van der Waals surface area (Å²) in [6.07, 6.45) is 1.51. The quantitative estimate of drug-likeness (QED) is 0.115. The van der Waals surface area contributed by atoms with E-state index in [1.54, 1.807) is 19.1 Å². The molecule has 0 saturated carbocycles. The van der Waals surface area contributed by atoms with Crippen molar-refractivity contribution in [2.45, 2.75) is 81.9 Å². The van der Waals surface area contributed by atoms with E-state index >= 15 is 0 Å². The van der Waals surface area contributed by atoms with E-state index in [0.717, 1.165) is 0 Å². The molecule has 1 aromatic carbocycles. The Hall–Kier alpha value is -5.98. The summed E-state index contributed by atoms with van der Waals surface area (Å²) < 4.78 is 0. The van der Waals surface area contributed by atoms with E-state index in [9.17, 15) is 43.8 Å². The van der Waals surface area contributed by atoms with Gasteiger partial charge in [-0.25, -0.2) is 19.6 Å². The van der Waals surface area contributed by atoms with Crippen LogP contribution in [0.3, 0.4) is 0 Å². The predicted octanol–water partition coefficient (Wildman–Crippen LogP) is -0.848. The highest BCUT2D eigenvalue weighted by molar-refractivity contribution is 5.99. The Kier molecular flexibility index (Phi) is 8.91. The number of hydrogen-bond acceptors (Lipinski definition) is 13. The van der Waals surface area contributed by atoms with Crippen molar-refractivity contribution in [3.05, 3.63) is 52.1 Å². The van der Waals surface area contributed by atoms with Crippen LogP contribution in [0.5, 0.6) is 0 Å². The van der Waals surface area contributed by atoms with Gasteiger partial charge in [-0.1, -0.05) is 0 Å². The van der Waals surface area contributed by atoms with Gasteiger partial charge in [0.2, 0.25) is 17.8 Å². The molecular formula is C31H34N10O9. The molecule has 5 heterocycles. The summed E-state index contributed by atoms with van der Waals surface area (Å²) in [6, 6.07) is 2.10. The molecule has 5 atom stereocenters. The van der Waals surface area contributed by atoms with Crippen molar-refractivity contribution in [3.63, 3.8) is 0 Å². The van der Waals surface area contributed by atoms with E-state index in [-0.39, 0.29) is 73.5 Å². The van der Waals surface area contributed by atoms with Crippen molar-refractivity contribution in [3.8, 4) is 0 Å². The number of amides is 3. The Morgan fingerprint density at radius 3 is 2.50 bits per heavy atom. The normalized spacial score (nSPS) is 23.1. The van der Waals surface area contributed by atoms with Gasteiger partial charge in [-0.3, -0.25) is 44.1 Å². The number of ketones is 1. The largest absolute Gasteiger partial charge is 0.480 e. The van der Waals surface area contributed by atoms with Gasteiger partial charge in [0, 0.05) is 30.5 Å². The number of rotatable bonds is 13. The number of benzene rings is 1. The molecule has 262 valence electrons. The lowest BCUT2D eigenvalue weighted by molar-refractivity contribution is -0.150. The number of aliphatic carboxylic acids is 2. The van der Waals surface area contributed by atoms with Crippen molar-refractivity contribution < 1.29 is 39.0 Å². The van der Waals surface area contributed by atoms with Gasteiger partial charge in [-0.05, 0) is 50.5 Å². The van der Waals surface area contributed by atoms with Crippen LogP contribution in [0, 0.1) is 0 Å². The summed E-state index contributed by atoms with van der Waals surface area (Å²) in [5, 5.41) is 28.0. The van der Waals surface area contributed by atoms with Crippen molar-refractivity contribution in [1.29, 1.82) is 0 Å². The molecular weight excluding hydrogens is 656 g/mol. The van der Waals surface area contributed by atoms with Gasteiger partial charge in [0.1, 0.15) is 23.9 Å². The molecule has 0 unspecified atom stereocenters. The number of aromatic nitrogens is 4. The zero-order chi connectivity index (χ0) is 35.9. The van der Waals surface area contributed by atoms with Gasteiger partial charge in [0.05, 0.1) is 24.5 Å². The summed E-state index contributed by atoms with van der Waals surface area (Å²) in [7, 11) is 0. The molecule has 3 aliphatic rings. The Labute approximate surface area is 282 Å². The number of carboxylic acid groups (broad SMARTS) is 2. The molecule has 3 saturated heterocycles. The van der Waals surface area contributed by atoms with Crippen LogP contribution >= 0.6 is 0 Å². The topological polar surface area (TPSA) is 283 Å². The SMILES string of the molecule is C[C@H]1C(=O)N2[C@H](C(=O)O)CC[C@@]23N[C@@H](CCC(=O)CC[C@@H](NC(=O)c2ccc(NCc4cnc5nc(N)[nH]c(=O)c5n4)cc2)C(=O)O)C(=O)N13. The molecule has 0 aliphatic carbocycles. The second-order valence-electron chi connectivity index (χ2n) is 12.4. The number of anilines is 2. The van der Waals surface area contributed by atoms with Gasteiger partial charge < -0.3 is 26.6 Å². The first-order valence-electron chi connectivity index (χ1n) is 15.9. The van der Waals surface area contributed by atoms with Crippen molar-refractivity contribution in [2.24, 2.45) is 0 Å². The predicted molar refractivity (Wildman–Crippen MR) is 172 cm³/mol. The third-order valence-corrected chi connectivity index (χ3v) is 9.22. The molecule has 8 N–H and O–H groups in total. The lowest BCUT2D eigenvalue weighted by Gasteiger charge is -2.34. The molecule has 0 radical (unpaired) electrons. The lowest BCUT2D eigenvalue weighted by atomic mass is 10.0. The molecule has 3 amide bonds. The third kappa shape index (κ3) is 6.17. The minimum atomic E-state index is -1.36. The van der Waals surface area contributed by atoms with Crippen LogP contribution in [0.15, 0.2) is 35.3 Å². The third-order valence-electron chi connectivity index (χ3n) is 9.22. The number of hydrogen-bond donors (Lipinski definition) is 7. The maximum atomic E-state index is 13.2. The first kappa shape index (κ1) is 33.9. The molecule has 2 aromatic heterocycles. The molecule has 3 aliphatic heterocycles. The molecule has 3 fully saturated rings. The summed E-state index contributed by atoms with van der Waals surface area (Å²) >= 11 is 0. The highest BCUT2D eigenvalue weighted by Crippen LogP contribution is 2.46. The zero-order valence-corrected chi connectivity index (χ0v) is 26.7. The van der Waals surface area contributed by atoms with E-state index < -0.39 is 65.2 Å². The molecule has 19 heteroatoms. The number of nitrogens with two attached hydrogens (primary N) is 1. The van der Waals surface area contributed by atoms with E-state index in [4.69, 9.17) is 5.73 Å². The Balaban J connectivity index is 0.984. The van der Waals surface area contributed by atoms with Crippen LogP contribution in [0.2, 0.25) is 0 Å². The van der Waals surface area contributed by atoms with Gasteiger partial charge in [-0.2, -0.15) is 4.98 Å². The summed E-state index contributed by atoms with van der Waals surface area (Å²) in [5.74, 6) is -5.61. The van der Waals surface area contributed by atoms with Crippen molar-refractivity contribution in [2.75, 3.05) is 11.1 Å². The Morgan fingerprint density at radius 1 is 1.06 bits per heavy atom. The monoisotopic (exact) mass is 690 g/mol. The van der Waals surface area contributed by atoms with Crippen LogP contribution in [-0.4, -0.2) is 105 Å². The van der Waals surface area contributed by atoms with Crippen LogP contribution in [0.1, 0.15) is 61.5 Å². The fourth-order valence-corrected chi connectivity index (χ4v) is 6.80. The van der Waals surface area contributed by atoms with Crippen LogP contribution in [-0.2, 0) is 30.5 Å². The van der Waals surface area contributed by atoms with Crippen LogP contribution in [0.25, 0.3) is 11.2 Å². The minimum Gasteiger partial charge on any atom is -0.480 e. The van der Waals surface area contributed by atoms with E-state index in [0.29, 0.717) is 11.4 Å². The maximum absolute atomic E-state index is 13.2. The number of carbonyl (C=O) groups is 6. The highest BCUT2D eigenvalue weighted by Gasteiger charge is 2.68. The highest BCUT2D eigenvalue weighted by atomic mass is 16.4. The Morgan fingerprint density at radius 2 is 1.80 bits per heavy atom. The molecule has 3 aromatic rings.